The van der Waals surface area contributed by atoms with Crippen LogP contribution in [0.15, 0.2) is 66.9 Å². The van der Waals surface area contributed by atoms with E-state index in [0.29, 0.717) is 11.7 Å². The molecule has 2 atom stereocenters. The summed E-state index contributed by atoms with van der Waals surface area (Å²) in [7, 11) is 0. The predicted octanol–water partition coefficient (Wildman–Crippen LogP) is 4.35. The molecule has 0 radical (unpaired) electrons. The zero-order chi connectivity index (χ0) is 20.8. The first-order chi connectivity index (χ1) is 13.9. The molecule has 150 valence electrons. The van der Waals surface area contributed by atoms with Crippen LogP contribution in [-0.2, 0) is 6.42 Å². The number of rotatable bonds is 8. The predicted molar refractivity (Wildman–Crippen MR) is 114 cm³/mol. The van der Waals surface area contributed by atoms with E-state index in [2.05, 4.69) is 29.4 Å². The molecule has 0 bridgehead atoms. The van der Waals surface area contributed by atoms with Crippen LogP contribution in [0.25, 0.3) is 11.1 Å². The summed E-state index contributed by atoms with van der Waals surface area (Å²) >= 11 is 5.77. The molecule has 5 nitrogen and oxygen atoms in total. The Labute approximate surface area is 175 Å². The molecule has 0 aliphatic carbocycles. The first kappa shape index (κ1) is 21.0. The average molecular weight is 411 g/mol. The molecule has 2 aromatic carbocycles. The summed E-state index contributed by atoms with van der Waals surface area (Å²) in [6.07, 6.45) is 1.77. The maximum Gasteiger partial charge on any atom is 0.335 e. The number of carboxylic acids is 1. The second-order valence-electron chi connectivity index (χ2n) is 7.02. The second-order valence-corrected chi connectivity index (χ2v) is 7.41. The van der Waals surface area contributed by atoms with E-state index in [1.165, 1.54) is 5.56 Å². The summed E-state index contributed by atoms with van der Waals surface area (Å²) in [6.45, 7) is 2.50. The minimum atomic E-state index is -0.925. The van der Waals surface area contributed by atoms with Crippen LogP contribution in [0.2, 0.25) is 5.15 Å². The van der Waals surface area contributed by atoms with Crippen LogP contribution in [0.4, 0.5) is 0 Å². The van der Waals surface area contributed by atoms with E-state index >= 15 is 0 Å². The van der Waals surface area contributed by atoms with Gasteiger partial charge in [0.05, 0.1) is 11.7 Å². The van der Waals surface area contributed by atoms with E-state index in [1.807, 2.05) is 24.3 Å². The summed E-state index contributed by atoms with van der Waals surface area (Å²) in [5, 5.41) is 23.0. The van der Waals surface area contributed by atoms with Gasteiger partial charge in [-0.05, 0) is 48.2 Å². The van der Waals surface area contributed by atoms with Gasteiger partial charge in [0.25, 0.3) is 0 Å². The fourth-order valence-corrected chi connectivity index (χ4v) is 3.19. The quantitative estimate of drug-likeness (QED) is 0.481. The fraction of sp³-hybridized carbons (Fsp3) is 0.217. The third-order valence-electron chi connectivity index (χ3n) is 4.76. The van der Waals surface area contributed by atoms with Crippen LogP contribution in [0.3, 0.4) is 0 Å². The fourth-order valence-electron chi connectivity index (χ4n) is 3.08. The van der Waals surface area contributed by atoms with Crippen molar-refractivity contribution in [2.45, 2.75) is 25.5 Å². The molecule has 3 N–H and O–H groups in total. The molecule has 6 heteroatoms. The number of aromatic carboxylic acids is 1. The number of aliphatic hydroxyl groups is 1. The van der Waals surface area contributed by atoms with Crippen LogP contribution in [0.5, 0.6) is 0 Å². The van der Waals surface area contributed by atoms with Crippen LogP contribution in [0, 0.1) is 0 Å². The Kier molecular flexibility index (Phi) is 6.99. The highest BCUT2D eigenvalue weighted by Crippen LogP contribution is 2.21. The summed E-state index contributed by atoms with van der Waals surface area (Å²) in [6, 6.07) is 18.7. The molecular formula is C23H23ClN2O3. The molecular weight excluding hydrogens is 388 g/mol. The molecule has 3 rings (SSSR count). The van der Waals surface area contributed by atoms with Gasteiger partial charge in [0.1, 0.15) is 5.15 Å². The number of carbonyl (C=O) groups is 1. The molecule has 0 unspecified atom stereocenters. The van der Waals surface area contributed by atoms with Crippen LogP contribution >= 0.6 is 11.6 Å². The summed E-state index contributed by atoms with van der Waals surface area (Å²) in [5.41, 5.74) is 4.21. The van der Waals surface area contributed by atoms with Gasteiger partial charge >= 0.3 is 5.97 Å². The zero-order valence-corrected chi connectivity index (χ0v) is 16.8. The molecule has 0 aliphatic rings. The lowest BCUT2D eigenvalue weighted by Crippen LogP contribution is -2.32. The maximum absolute atomic E-state index is 11.0. The average Bonchev–Trinajstić information content (AvgIpc) is 2.73. The molecule has 1 heterocycles. The summed E-state index contributed by atoms with van der Waals surface area (Å²) in [5.74, 6) is -0.925. The van der Waals surface area contributed by atoms with Crippen LogP contribution in [-0.4, -0.2) is 33.8 Å². The highest BCUT2D eigenvalue weighted by molar-refractivity contribution is 6.29. The lowest BCUT2D eigenvalue weighted by molar-refractivity contribution is 0.0697. The van der Waals surface area contributed by atoms with Crippen LogP contribution < -0.4 is 5.32 Å². The number of hydrogen-bond donors (Lipinski definition) is 3. The summed E-state index contributed by atoms with van der Waals surface area (Å²) < 4.78 is 0. The van der Waals surface area contributed by atoms with Gasteiger partial charge in [-0.3, -0.25) is 0 Å². The van der Waals surface area contributed by atoms with Gasteiger partial charge in [-0.25, -0.2) is 9.78 Å². The number of halogens is 1. The van der Waals surface area contributed by atoms with E-state index in [9.17, 15) is 9.90 Å². The van der Waals surface area contributed by atoms with Gasteiger partial charge < -0.3 is 15.5 Å². The topological polar surface area (TPSA) is 82.5 Å². The van der Waals surface area contributed by atoms with Gasteiger partial charge in [0, 0.05) is 24.3 Å². The molecule has 0 saturated heterocycles. The first-order valence-electron chi connectivity index (χ1n) is 9.38. The van der Waals surface area contributed by atoms with E-state index in [1.54, 1.807) is 30.5 Å². The van der Waals surface area contributed by atoms with E-state index in [0.717, 1.165) is 23.1 Å². The minimum Gasteiger partial charge on any atom is -0.478 e. The third-order valence-corrected chi connectivity index (χ3v) is 4.98. The number of aromatic nitrogens is 1. The third kappa shape index (κ3) is 5.87. The highest BCUT2D eigenvalue weighted by Gasteiger charge is 2.11. The van der Waals surface area contributed by atoms with Gasteiger partial charge in [-0.1, -0.05) is 54.1 Å². The Hall–Kier alpha value is -2.73. The van der Waals surface area contributed by atoms with Crippen molar-refractivity contribution in [3.8, 4) is 11.1 Å². The van der Waals surface area contributed by atoms with Crippen molar-refractivity contribution in [2.24, 2.45) is 0 Å². The van der Waals surface area contributed by atoms with Crippen molar-refractivity contribution in [3.63, 3.8) is 0 Å². The van der Waals surface area contributed by atoms with Gasteiger partial charge in [-0.2, -0.15) is 0 Å². The highest BCUT2D eigenvalue weighted by atomic mass is 35.5. The second kappa shape index (κ2) is 9.65. The lowest BCUT2D eigenvalue weighted by atomic mass is 10.00. The van der Waals surface area contributed by atoms with Gasteiger partial charge in [0.15, 0.2) is 0 Å². The number of pyridine rings is 1. The monoisotopic (exact) mass is 410 g/mol. The van der Waals surface area contributed by atoms with Crippen molar-refractivity contribution in [2.75, 3.05) is 6.54 Å². The Morgan fingerprint density at radius 2 is 1.66 bits per heavy atom. The number of benzene rings is 2. The molecule has 0 saturated carbocycles. The van der Waals surface area contributed by atoms with Crippen molar-refractivity contribution in [3.05, 3.63) is 88.7 Å². The lowest BCUT2D eigenvalue weighted by Gasteiger charge is -2.17. The molecule has 0 spiro atoms. The molecule has 29 heavy (non-hydrogen) atoms. The Morgan fingerprint density at radius 3 is 2.21 bits per heavy atom. The Bertz CT molecular complexity index is 941. The number of carboxylic acid groups (broad SMARTS) is 1. The van der Waals surface area contributed by atoms with E-state index in [-0.39, 0.29) is 11.6 Å². The molecule has 1 aromatic heterocycles. The molecule has 0 fully saturated rings. The largest absolute Gasteiger partial charge is 0.478 e. The SMILES string of the molecule is C[C@H](Cc1ccc(-c2ccc(C(=O)O)cc2)cc1)NC[C@@H](O)c1ccc(Cl)nc1. The normalized spacial score (nSPS) is 13.1. The van der Waals surface area contributed by atoms with Crippen molar-refractivity contribution in [1.29, 1.82) is 0 Å². The number of aliphatic hydroxyl groups excluding tert-OH is 1. The molecule has 0 aliphatic heterocycles. The van der Waals surface area contributed by atoms with Gasteiger partial charge in [-0.15, -0.1) is 0 Å². The van der Waals surface area contributed by atoms with Crippen molar-refractivity contribution in [1.82, 2.24) is 10.3 Å². The van der Waals surface area contributed by atoms with Crippen molar-refractivity contribution < 1.29 is 15.0 Å². The smallest absolute Gasteiger partial charge is 0.335 e. The number of nitrogens with one attached hydrogen (secondary N) is 1. The Morgan fingerprint density at radius 1 is 1.03 bits per heavy atom. The number of nitrogens with zero attached hydrogens (tertiary/aromatic N) is 1. The molecule has 3 aromatic rings. The van der Waals surface area contributed by atoms with Gasteiger partial charge in [0.2, 0.25) is 0 Å². The zero-order valence-electron chi connectivity index (χ0n) is 16.0. The van der Waals surface area contributed by atoms with E-state index < -0.39 is 12.1 Å². The molecule has 0 amide bonds. The Balaban J connectivity index is 1.53. The standard InChI is InChI=1S/C23H23ClN2O3/c1-15(25-14-21(27)20-10-11-22(24)26-13-20)12-16-2-4-17(5-3-16)18-6-8-19(9-7-18)23(28)29/h2-11,13,15,21,25,27H,12,14H2,1H3,(H,28,29)/t15-,21-/m1/s1. The van der Waals surface area contributed by atoms with E-state index in [4.69, 9.17) is 16.7 Å². The number of hydrogen-bond acceptors (Lipinski definition) is 4. The van der Waals surface area contributed by atoms with Crippen LogP contribution in [0.1, 0.15) is 34.5 Å². The minimum absolute atomic E-state index is 0.186. The summed E-state index contributed by atoms with van der Waals surface area (Å²) in [4.78, 5) is 14.9. The van der Waals surface area contributed by atoms with Crippen molar-refractivity contribution >= 4 is 17.6 Å². The first-order valence-corrected chi connectivity index (χ1v) is 9.76. The maximum atomic E-state index is 11.0.